The Bertz CT molecular complexity index is 592. The quantitative estimate of drug-likeness (QED) is 0.824. The van der Waals surface area contributed by atoms with Gasteiger partial charge in [0, 0.05) is 31.1 Å². The lowest BCUT2D eigenvalue weighted by Gasteiger charge is -2.25. The van der Waals surface area contributed by atoms with Gasteiger partial charge < -0.3 is 20.1 Å². The van der Waals surface area contributed by atoms with E-state index in [1.165, 1.54) is 32.4 Å². The largest absolute Gasteiger partial charge is 0.360 e. The number of likely N-dealkylation sites (tertiary alicyclic amines) is 1. The minimum absolute atomic E-state index is 0.0901. The molecule has 0 radical (unpaired) electrons. The molecule has 1 amide bonds. The van der Waals surface area contributed by atoms with E-state index in [0.29, 0.717) is 17.5 Å². The third-order valence-electron chi connectivity index (χ3n) is 6.06. The Kier molecular flexibility index (Phi) is 5.08. The maximum Gasteiger partial charge on any atom is 0.273 e. The van der Waals surface area contributed by atoms with Gasteiger partial charge in [0.15, 0.2) is 5.69 Å². The summed E-state index contributed by atoms with van der Waals surface area (Å²) in [5, 5.41) is 10.6. The predicted octanol–water partition coefficient (Wildman–Crippen LogP) is 1.99. The zero-order valence-corrected chi connectivity index (χ0v) is 15.2. The molecule has 25 heavy (non-hydrogen) atoms. The van der Waals surface area contributed by atoms with E-state index in [1.807, 2.05) is 6.07 Å². The fraction of sp³-hybridized carbons (Fsp3) is 0.789. The van der Waals surface area contributed by atoms with Crippen molar-refractivity contribution in [1.82, 2.24) is 20.7 Å². The van der Waals surface area contributed by atoms with Crippen LogP contribution in [0.1, 0.15) is 61.2 Å². The van der Waals surface area contributed by atoms with Crippen LogP contribution in [0.15, 0.2) is 10.6 Å². The van der Waals surface area contributed by atoms with E-state index in [1.54, 1.807) is 0 Å². The zero-order chi connectivity index (χ0) is 17.2. The summed E-state index contributed by atoms with van der Waals surface area (Å²) in [7, 11) is 0. The first-order valence-electron chi connectivity index (χ1n) is 9.89. The Morgan fingerprint density at radius 1 is 1.32 bits per heavy atom. The molecule has 2 N–H and O–H groups in total. The molecule has 138 valence electrons. The molecule has 1 aliphatic carbocycles. The summed E-state index contributed by atoms with van der Waals surface area (Å²) in [6, 6.07) is 2.03. The van der Waals surface area contributed by atoms with Crippen molar-refractivity contribution in [2.24, 2.45) is 11.8 Å². The monoisotopic (exact) mass is 346 g/mol. The smallest absolute Gasteiger partial charge is 0.273 e. The topological polar surface area (TPSA) is 70.4 Å². The number of hydrogen-bond acceptors (Lipinski definition) is 5. The molecule has 2 saturated heterocycles. The SMILES string of the molecule is C[C@@H]1CN(CCC2CCNCC2)C[C@@H]1NC(=O)c1cc(C2CC2)on1. The highest BCUT2D eigenvalue weighted by molar-refractivity contribution is 5.92. The molecule has 3 aliphatic rings. The predicted molar refractivity (Wildman–Crippen MR) is 95.5 cm³/mol. The number of piperidine rings is 1. The Morgan fingerprint density at radius 2 is 2.12 bits per heavy atom. The molecular formula is C19H30N4O2. The van der Waals surface area contributed by atoms with E-state index in [0.717, 1.165) is 44.2 Å². The molecule has 3 fully saturated rings. The van der Waals surface area contributed by atoms with Crippen LogP contribution in [-0.4, -0.2) is 54.7 Å². The number of carbonyl (C=O) groups excluding carboxylic acids is 1. The van der Waals surface area contributed by atoms with E-state index < -0.39 is 0 Å². The molecule has 4 rings (SSSR count). The van der Waals surface area contributed by atoms with Crippen LogP contribution < -0.4 is 10.6 Å². The minimum atomic E-state index is -0.0901. The standard InChI is InChI=1S/C19H30N4O2/c1-13-11-23(9-6-14-4-7-20-8-5-14)12-17(13)21-19(24)16-10-18(25-22-16)15-2-3-15/h10,13-15,17,20H,2-9,11-12H2,1H3,(H,21,24)/t13-,17+/m1/s1. The van der Waals surface area contributed by atoms with Gasteiger partial charge >= 0.3 is 0 Å². The summed E-state index contributed by atoms with van der Waals surface area (Å²) >= 11 is 0. The van der Waals surface area contributed by atoms with Crippen molar-refractivity contribution in [1.29, 1.82) is 0 Å². The fourth-order valence-electron chi connectivity index (χ4n) is 4.17. The van der Waals surface area contributed by atoms with Gasteiger partial charge in [-0.25, -0.2) is 0 Å². The highest BCUT2D eigenvalue weighted by Crippen LogP contribution is 2.40. The fourth-order valence-corrected chi connectivity index (χ4v) is 4.17. The van der Waals surface area contributed by atoms with E-state index in [-0.39, 0.29) is 11.9 Å². The summed E-state index contributed by atoms with van der Waals surface area (Å²) in [6.45, 7) is 7.74. The summed E-state index contributed by atoms with van der Waals surface area (Å²) in [6.07, 6.45) is 6.20. The molecule has 2 aliphatic heterocycles. The van der Waals surface area contributed by atoms with Crippen molar-refractivity contribution >= 4 is 5.91 Å². The van der Waals surface area contributed by atoms with Crippen LogP contribution in [0.25, 0.3) is 0 Å². The normalized spacial score (nSPS) is 28.4. The van der Waals surface area contributed by atoms with Crippen LogP contribution in [0.5, 0.6) is 0 Å². The second kappa shape index (κ2) is 7.46. The Balaban J connectivity index is 1.25. The second-order valence-electron chi connectivity index (χ2n) is 8.19. The first-order chi connectivity index (χ1) is 12.2. The van der Waals surface area contributed by atoms with Gasteiger partial charge in [-0.1, -0.05) is 12.1 Å². The van der Waals surface area contributed by atoms with Gasteiger partial charge in [-0.15, -0.1) is 0 Å². The van der Waals surface area contributed by atoms with Crippen LogP contribution in [-0.2, 0) is 0 Å². The van der Waals surface area contributed by atoms with Gasteiger partial charge in [0.1, 0.15) is 5.76 Å². The van der Waals surface area contributed by atoms with Gasteiger partial charge in [0.25, 0.3) is 5.91 Å². The molecule has 0 unspecified atom stereocenters. The molecule has 6 nitrogen and oxygen atoms in total. The molecule has 1 saturated carbocycles. The van der Waals surface area contributed by atoms with Gasteiger partial charge in [0.2, 0.25) is 0 Å². The summed E-state index contributed by atoms with van der Waals surface area (Å²) < 4.78 is 5.30. The summed E-state index contributed by atoms with van der Waals surface area (Å²) in [5.74, 6) is 2.61. The van der Waals surface area contributed by atoms with Crippen molar-refractivity contribution < 1.29 is 9.32 Å². The maximum atomic E-state index is 12.5. The van der Waals surface area contributed by atoms with Gasteiger partial charge in [-0.2, -0.15) is 0 Å². The van der Waals surface area contributed by atoms with Gasteiger partial charge in [-0.3, -0.25) is 4.79 Å². The molecule has 1 aromatic heterocycles. The number of nitrogens with one attached hydrogen (secondary N) is 2. The number of nitrogens with zero attached hydrogens (tertiary/aromatic N) is 2. The number of rotatable bonds is 6. The van der Waals surface area contributed by atoms with Crippen LogP contribution in [0, 0.1) is 11.8 Å². The lowest BCUT2D eigenvalue weighted by molar-refractivity contribution is 0.0922. The number of carbonyl (C=O) groups is 1. The highest BCUT2D eigenvalue weighted by atomic mass is 16.5. The van der Waals surface area contributed by atoms with Crippen LogP contribution >= 0.6 is 0 Å². The molecule has 0 spiro atoms. The average molecular weight is 346 g/mol. The number of amides is 1. The van der Waals surface area contributed by atoms with Crippen LogP contribution in [0.4, 0.5) is 0 Å². The first kappa shape index (κ1) is 17.0. The molecule has 6 heteroatoms. The van der Waals surface area contributed by atoms with E-state index >= 15 is 0 Å². The summed E-state index contributed by atoms with van der Waals surface area (Å²) in [4.78, 5) is 15.0. The van der Waals surface area contributed by atoms with E-state index in [4.69, 9.17) is 4.52 Å². The van der Waals surface area contributed by atoms with Crippen molar-refractivity contribution in [3.8, 4) is 0 Å². The third kappa shape index (κ3) is 4.23. The molecule has 3 heterocycles. The van der Waals surface area contributed by atoms with Crippen molar-refractivity contribution in [2.45, 2.75) is 51.0 Å². The highest BCUT2D eigenvalue weighted by Gasteiger charge is 2.33. The third-order valence-corrected chi connectivity index (χ3v) is 6.06. The Hall–Kier alpha value is -1.40. The number of hydrogen-bond donors (Lipinski definition) is 2. The molecular weight excluding hydrogens is 316 g/mol. The molecule has 0 aromatic carbocycles. The molecule has 0 bridgehead atoms. The average Bonchev–Trinajstić information content (AvgIpc) is 3.25. The number of aromatic nitrogens is 1. The first-order valence-corrected chi connectivity index (χ1v) is 9.89. The second-order valence-corrected chi connectivity index (χ2v) is 8.19. The van der Waals surface area contributed by atoms with E-state index in [2.05, 4.69) is 27.6 Å². The Morgan fingerprint density at radius 3 is 2.88 bits per heavy atom. The van der Waals surface area contributed by atoms with Crippen LogP contribution in [0.2, 0.25) is 0 Å². The molecule has 2 atom stereocenters. The Labute approximate surface area is 149 Å². The maximum absolute atomic E-state index is 12.5. The zero-order valence-electron chi connectivity index (χ0n) is 15.2. The van der Waals surface area contributed by atoms with E-state index in [9.17, 15) is 4.79 Å². The minimum Gasteiger partial charge on any atom is -0.360 e. The lowest BCUT2D eigenvalue weighted by Crippen LogP contribution is -2.40. The van der Waals surface area contributed by atoms with Crippen LogP contribution in [0.3, 0.4) is 0 Å². The van der Waals surface area contributed by atoms with Gasteiger partial charge in [0.05, 0.1) is 0 Å². The van der Waals surface area contributed by atoms with Crippen molar-refractivity contribution in [3.63, 3.8) is 0 Å². The summed E-state index contributed by atoms with van der Waals surface area (Å²) in [5.41, 5.74) is 0.433. The molecule has 1 aromatic rings. The van der Waals surface area contributed by atoms with Crippen molar-refractivity contribution in [3.05, 3.63) is 17.5 Å². The lowest BCUT2D eigenvalue weighted by atomic mass is 9.94. The van der Waals surface area contributed by atoms with Crippen molar-refractivity contribution in [2.75, 3.05) is 32.7 Å². The van der Waals surface area contributed by atoms with Gasteiger partial charge in [-0.05, 0) is 63.6 Å².